The van der Waals surface area contributed by atoms with Gasteiger partial charge < -0.3 is 5.32 Å². The molecule has 0 aliphatic rings. The van der Waals surface area contributed by atoms with Crippen molar-refractivity contribution >= 4 is 33.2 Å². The molecule has 2 aromatic rings. The van der Waals surface area contributed by atoms with Crippen LogP contribution < -0.4 is 10.8 Å². The number of carbonyl (C=O) groups excluding carboxylic acids is 1. The SMILES string of the molecule is CCCONC(=O)c1ccc(F)c(F)c1Nc1ccc(Br)cc1C. The summed E-state index contributed by atoms with van der Waals surface area (Å²) in [4.78, 5) is 17.1. The highest BCUT2D eigenvalue weighted by Gasteiger charge is 2.19. The summed E-state index contributed by atoms with van der Waals surface area (Å²) in [5, 5.41) is 2.80. The molecular weight excluding hydrogens is 382 g/mol. The van der Waals surface area contributed by atoms with E-state index in [1.807, 2.05) is 19.9 Å². The molecule has 0 heterocycles. The molecule has 2 N–H and O–H groups in total. The van der Waals surface area contributed by atoms with Crippen molar-refractivity contribution in [3.63, 3.8) is 0 Å². The van der Waals surface area contributed by atoms with E-state index in [4.69, 9.17) is 4.84 Å². The normalized spacial score (nSPS) is 10.5. The Bertz CT molecular complexity index is 754. The van der Waals surface area contributed by atoms with Crippen molar-refractivity contribution in [2.75, 3.05) is 11.9 Å². The molecule has 2 aromatic carbocycles. The van der Waals surface area contributed by atoms with Gasteiger partial charge in [-0.05, 0) is 49.2 Å². The summed E-state index contributed by atoms with van der Waals surface area (Å²) in [6, 6.07) is 7.41. The maximum absolute atomic E-state index is 14.2. The van der Waals surface area contributed by atoms with Gasteiger partial charge in [-0.25, -0.2) is 14.3 Å². The van der Waals surface area contributed by atoms with E-state index in [1.54, 1.807) is 12.1 Å². The lowest BCUT2D eigenvalue weighted by atomic mass is 10.1. The molecule has 2 rings (SSSR count). The molecule has 0 atom stereocenters. The predicted octanol–water partition coefficient (Wildman–Crippen LogP) is 4.85. The van der Waals surface area contributed by atoms with Crippen LogP contribution in [-0.4, -0.2) is 12.5 Å². The molecule has 0 aliphatic heterocycles. The molecule has 128 valence electrons. The molecule has 0 bridgehead atoms. The topological polar surface area (TPSA) is 50.4 Å². The first-order chi connectivity index (χ1) is 11.4. The van der Waals surface area contributed by atoms with E-state index in [-0.39, 0.29) is 11.3 Å². The monoisotopic (exact) mass is 398 g/mol. The number of anilines is 2. The van der Waals surface area contributed by atoms with Crippen LogP contribution in [0.2, 0.25) is 0 Å². The maximum atomic E-state index is 14.2. The number of hydrogen-bond acceptors (Lipinski definition) is 3. The van der Waals surface area contributed by atoms with E-state index in [1.165, 1.54) is 6.07 Å². The van der Waals surface area contributed by atoms with Gasteiger partial charge in [0.1, 0.15) is 0 Å². The van der Waals surface area contributed by atoms with Crippen molar-refractivity contribution in [3.8, 4) is 0 Å². The van der Waals surface area contributed by atoms with Crippen LogP contribution in [0.25, 0.3) is 0 Å². The smallest absolute Gasteiger partial charge is 0.277 e. The number of benzene rings is 2. The van der Waals surface area contributed by atoms with Gasteiger partial charge in [0.2, 0.25) is 0 Å². The molecule has 0 saturated carbocycles. The number of amides is 1. The molecule has 24 heavy (non-hydrogen) atoms. The highest BCUT2D eigenvalue weighted by atomic mass is 79.9. The fourth-order valence-corrected chi connectivity index (χ4v) is 2.51. The number of rotatable bonds is 6. The zero-order chi connectivity index (χ0) is 17.7. The summed E-state index contributed by atoms with van der Waals surface area (Å²) in [7, 11) is 0. The maximum Gasteiger partial charge on any atom is 0.277 e. The summed E-state index contributed by atoms with van der Waals surface area (Å²) in [6.07, 6.45) is 0.710. The lowest BCUT2D eigenvalue weighted by molar-refractivity contribution is 0.0315. The number of aryl methyl sites for hydroxylation is 1. The van der Waals surface area contributed by atoms with Crippen molar-refractivity contribution in [3.05, 3.63) is 57.6 Å². The van der Waals surface area contributed by atoms with Crippen molar-refractivity contribution in [2.45, 2.75) is 20.3 Å². The summed E-state index contributed by atoms with van der Waals surface area (Å²) in [5.41, 5.74) is 3.30. The van der Waals surface area contributed by atoms with Crippen molar-refractivity contribution in [1.82, 2.24) is 5.48 Å². The minimum Gasteiger partial charge on any atom is -0.352 e. The Kier molecular flexibility index (Phi) is 6.28. The molecule has 4 nitrogen and oxygen atoms in total. The van der Waals surface area contributed by atoms with E-state index in [0.717, 1.165) is 16.1 Å². The first kappa shape index (κ1) is 18.4. The first-order valence-corrected chi connectivity index (χ1v) is 8.16. The molecule has 0 unspecified atom stereocenters. The van der Waals surface area contributed by atoms with E-state index in [0.29, 0.717) is 18.7 Å². The van der Waals surface area contributed by atoms with Crippen LogP contribution in [-0.2, 0) is 4.84 Å². The quantitative estimate of drug-likeness (QED) is 0.539. The molecule has 0 saturated heterocycles. The Morgan fingerprint density at radius 3 is 2.67 bits per heavy atom. The number of carbonyl (C=O) groups is 1. The van der Waals surface area contributed by atoms with Gasteiger partial charge in [-0.1, -0.05) is 22.9 Å². The first-order valence-electron chi connectivity index (χ1n) is 7.37. The fourth-order valence-electron chi connectivity index (χ4n) is 2.04. The average Bonchev–Trinajstić information content (AvgIpc) is 2.54. The van der Waals surface area contributed by atoms with Crippen molar-refractivity contribution < 1.29 is 18.4 Å². The van der Waals surface area contributed by atoms with Gasteiger partial charge in [-0.3, -0.25) is 9.63 Å². The summed E-state index contributed by atoms with van der Waals surface area (Å²) < 4.78 is 28.7. The minimum absolute atomic E-state index is 0.0488. The summed E-state index contributed by atoms with van der Waals surface area (Å²) >= 11 is 3.34. The third-order valence-electron chi connectivity index (χ3n) is 3.26. The average molecular weight is 399 g/mol. The van der Waals surface area contributed by atoms with Gasteiger partial charge in [0.15, 0.2) is 11.6 Å². The highest BCUT2D eigenvalue weighted by Crippen LogP contribution is 2.29. The molecule has 0 fully saturated rings. The van der Waals surface area contributed by atoms with Gasteiger partial charge in [0.05, 0.1) is 17.9 Å². The second-order valence-corrected chi connectivity index (χ2v) is 6.06. The highest BCUT2D eigenvalue weighted by molar-refractivity contribution is 9.10. The van der Waals surface area contributed by atoms with Crippen LogP contribution in [0.3, 0.4) is 0 Å². The Morgan fingerprint density at radius 2 is 2.00 bits per heavy atom. The van der Waals surface area contributed by atoms with E-state index < -0.39 is 17.5 Å². The molecule has 0 aromatic heterocycles. The van der Waals surface area contributed by atoms with Crippen LogP contribution in [0.5, 0.6) is 0 Å². The molecule has 1 amide bonds. The lowest BCUT2D eigenvalue weighted by Crippen LogP contribution is -2.25. The largest absolute Gasteiger partial charge is 0.352 e. The van der Waals surface area contributed by atoms with Gasteiger partial charge in [-0.15, -0.1) is 0 Å². The standard InChI is InChI=1S/C17H17BrF2N2O2/c1-3-8-24-22-17(23)12-5-6-13(19)15(20)16(12)21-14-7-4-11(18)9-10(14)2/h4-7,9,21H,3,8H2,1-2H3,(H,22,23). The van der Waals surface area contributed by atoms with Gasteiger partial charge >= 0.3 is 0 Å². The number of hydrogen-bond donors (Lipinski definition) is 2. The minimum atomic E-state index is -1.12. The van der Waals surface area contributed by atoms with E-state index in [2.05, 4.69) is 26.7 Å². The molecule has 0 spiro atoms. The molecular formula is C17H17BrF2N2O2. The molecule has 0 radical (unpaired) electrons. The fraction of sp³-hybridized carbons (Fsp3) is 0.235. The van der Waals surface area contributed by atoms with Gasteiger partial charge in [0, 0.05) is 10.2 Å². The zero-order valence-electron chi connectivity index (χ0n) is 13.3. The number of nitrogens with one attached hydrogen (secondary N) is 2. The van der Waals surface area contributed by atoms with E-state index in [9.17, 15) is 13.6 Å². The summed E-state index contributed by atoms with van der Waals surface area (Å²) in [5.74, 6) is -2.82. The number of halogens is 3. The molecule has 0 aliphatic carbocycles. The van der Waals surface area contributed by atoms with Crippen LogP contribution >= 0.6 is 15.9 Å². The van der Waals surface area contributed by atoms with Crippen molar-refractivity contribution in [1.29, 1.82) is 0 Å². The summed E-state index contributed by atoms with van der Waals surface area (Å²) in [6.45, 7) is 4.02. The lowest BCUT2D eigenvalue weighted by Gasteiger charge is -2.15. The third kappa shape index (κ3) is 4.30. The van der Waals surface area contributed by atoms with Gasteiger partial charge in [0.25, 0.3) is 5.91 Å². The van der Waals surface area contributed by atoms with Crippen LogP contribution in [0, 0.1) is 18.6 Å². The Hall–Kier alpha value is -1.99. The second-order valence-electron chi connectivity index (χ2n) is 5.15. The predicted molar refractivity (Wildman–Crippen MR) is 92.2 cm³/mol. The Labute approximate surface area is 147 Å². The zero-order valence-corrected chi connectivity index (χ0v) is 14.8. The Morgan fingerprint density at radius 1 is 1.25 bits per heavy atom. The van der Waals surface area contributed by atoms with Crippen LogP contribution in [0.15, 0.2) is 34.8 Å². The third-order valence-corrected chi connectivity index (χ3v) is 3.75. The van der Waals surface area contributed by atoms with Crippen LogP contribution in [0.1, 0.15) is 29.3 Å². The number of hydroxylamine groups is 1. The van der Waals surface area contributed by atoms with Crippen molar-refractivity contribution in [2.24, 2.45) is 0 Å². The second kappa shape index (κ2) is 8.21. The molecule has 7 heteroatoms. The van der Waals surface area contributed by atoms with Crippen LogP contribution in [0.4, 0.5) is 20.2 Å². The van der Waals surface area contributed by atoms with Gasteiger partial charge in [-0.2, -0.15) is 0 Å². The Balaban J connectivity index is 2.36. The van der Waals surface area contributed by atoms with E-state index >= 15 is 0 Å².